The molecule has 3 aromatic heterocycles. The molecule has 3 heterocycles. The summed E-state index contributed by atoms with van der Waals surface area (Å²) in [6.07, 6.45) is 2.67. The number of nitrogens with one attached hydrogen (secondary N) is 1. The standard InChI is InChI=1S/C16H19N5OS/c1-5-11(4)21-14-13(7-17-21)12(6-9(2)18-14)15(22)20-16-19-10(3)8-23-16/h6-8,11H,5H2,1-4H3,(H,19,20,22)/t11-/m1/s1. The molecule has 1 N–H and O–H groups in total. The maximum Gasteiger partial charge on any atom is 0.258 e. The second kappa shape index (κ2) is 6.08. The van der Waals surface area contributed by atoms with Gasteiger partial charge < -0.3 is 0 Å². The molecular weight excluding hydrogens is 310 g/mol. The van der Waals surface area contributed by atoms with Crippen molar-refractivity contribution in [1.29, 1.82) is 0 Å². The van der Waals surface area contributed by atoms with E-state index in [1.165, 1.54) is 11.3 Å². The Hall–Kier alpha value is -2.28. The highest BCUT2D eigenvalue weighted by atomic mass is 32.1. The Bertz CT molecular complexity index is 867. The van der Waals surface area contributed by atoms with Crippen molar-refractivity contribution in [3.63, 3.8) is 0 Å². The number of aromatic nitrogens is 4. The fraction of sp³-hybridized carbons (Fsp3) is 0.375. The fourth-order valence-corrected chi connectivity index (χ4v) is 3.09. The van der Waals surface area contributed by atoms with E-state index >= 15 is 0 Å². The maximum absolute atomic E-state index is 12.6. The summed E-state index contributed by atoms with van der Waals surface area (Å²) >= 11 is 1.42. The molecule has 0 aromatic carbocycles. The van der Waals surface area contributed by atoms with E-state index in [-0.39, 0.29) is 11.9 Å². The summed E-state index contributed by atoms with van der Waals surface area (Å²) in [5, 5.41) is 10.6. The van der Waals surface area contributed by atoms with Gasteiger partial charge in [0.25, 0.3) is 5.91 Å². The predicted octanol–water partition coefficient (Wildman–Crippen LogP) is 3.73. The Labute approximate surface area is 138 Å². The molecule has 0 spiro atoms. The third-order valence-electron chi connectivity index (χ3n) is 3.79. The fourth-order valence-electron chi connectivity index (χ4n) is 2.40. The van der Waals surface area contributed by atoms with Crippen LogP contribution in [-0.4, -0.2) is 25.7 Å². The monoisotopic (exact) mass is 329 g/mol. The van der Waals surface area contributed by atoms with Crippen LogP contribution in [0.5, 0.6) is 0 Å². The molecule has 0 bridgehead atoms. The van der Waals surface area contributed by atoms with Crippen LogP contribution in [0, 0.1) is 13.8 Å². The molecule has 0 radical (unpaired) electrons. The summed E-state index contributed by atoms with van der Waals surface area (Å²) in [7, 11) is 0. The quantitative estimate of drug-likeness (QED) is 0.791. The Morgan fingerprint density at radius 1 is 1.35 bits per heavy atom. The molecule has 120 valence electrons. The van der Waals surface area contributed by atoms with Crippen LogP contribution in [0.3, 0.4) is 0 Å². The first kappa shape index (κ1) is 15.6. The van der Waals surface area contributed by atoms with E-state index in [2.05, 4.69) is 34.2 Å². The number of pyridine rings is 1. The van der Waals surface area contributed by atoms with Crippen LogP contribution in [0.2, 0.25) is 0 Å². The highest BCUT2D eigenvalue weighted by molar-refractivity contribution is 7.13. The molecule has 0 aliphatic heterocycles. The molecule has 23 heavy (non-hydrogen) atoms. The largest absolute Gasteiger partial charge is 0.298 e. The molecule has 6 nitrogen and oxygen atoms in total. The second-order valence-electron chi connectivity index (χ2n) is 5.64. The predicted molar refractivity (Wildman–Crippen MR) is 92.1 cm³/mol. The van der Waals surface area contributed by atoms with Crippen LogP contribution in [0.15, 0.2) is 17.6 Å². The van der Waals surface area contributed by atoms with E-state index in [1.54, 1.807) is 12.3 Å². The SMILES string of the molecule is CC[C@@H](C)n1ncc2c(C(=O)Nc3nc(C)cs3)cc(C)nc21. The van der Waals surface area contributed by atoms with Crippen LogP contribution in [0.1, 0.15) is 48.1 Å². The lowest BCUT2D eigenvalue weighted by atomic mass is 10.1. The number of hydrogen-bond acceptors (Lipinski definition) is 5. The number of thiazole rings is 1. The highest BCUT2D eigenvalue weighted by Gasteiger charge is 2.18. The summed E-state index contributed by atoms with van der Waals surface area (Å²) in [5.74, 6) is -0.182. The van der Waals surface area contributed by atoms with E-state index in [0.29, 0.717) is 10.7 Å². The number of aryl methyl sites for hydroxylation is 2. The van der Waals surface area contributed by atoms with E-state index in [1.807, 2.05) is 23.9 Å². The first-order valence-corrected chi connectivity index (χ1v) is 8.46. The van der Waals surface area contributed by atoms with Crippen molar-refractivity contribution >= 4 is 33.4 Å². The zero-order valence-corrected chi connectivity index (χ0v) is 14.4. The molecule has 0 aliphatic rings. The second-order valence-corrected chi connectivity index (χ2v) is 6.50. The lowest BCUT2D eigenvalue weighted by molar-refractivity contribution is 0.102. The molecule has 0 saturated carbocycles. The van der Waals surface area contributed by atoms with Crippen molar-refractivity contribution in [2.45, 2.75) is 40.2 Å². The first-order valence-electron chi connectivity index (χ1n) is 7.58. The molecule has 1 atom stereocenters. The third kappa shape index (κ3) is 2.96. The molecule has 3 aromatic rings. The van der Waals surface area contributed by atoms with Crippen LogP contribution in [0.25, 0.3) is 11.0 Å². The van der Waals surface area contributed by atoms with Crippen molar-refractivity contribution in [2.75, 3.05) is 5.32 Å². The van der Waals surface area contributed by atoms with Crippen molar-refractivity contribution < 1.29 is 4.79 Å². The van der Waals surface area contributed by atoms with Crippen LogP contribution < -0.4 is 5.32 Å². The number of fused-ring (bicyclic) bond motifs is 1. The molecule has 3 rings (SSSR count). The number of anilines is 1. The van der Waals surface area contributed by atoms with Gasteiger partial charge in [-0.2, -0.15) is 5.10 Å². The van der Waals surface area contributed by atoms with Gasteiger partial charge in [-0.25, -0.2) is 14.6 Å². The van der Waals surface area contributed by atoms with E-state index in [0.717, 1.165) is 28.8 Å². The topological polar surface area (TPSA) is 72.7 Å². The van der Waals surface area contributed by atoms with Gasteiger partial charge in [-0.1, -0.05) is 6.92 Å². The van der Waals surface area contributed by atoms with Crippen LogP contribution >= 0.6 is 11.3 Å². The number of rotatable bonds is 4. The Kier molecular flexibility index (Phi) is 4.12. The molecule has 1 amide bonds. The number of hydrogen-bond donors (Lipinski definition) is 1. The van der Waals surface area contributed by atoms with Gasteiger partial charge in [0, 0.05) is 11.1 Å². The van der Waals surface area contributed by atoms with E-state index < -0.39 is 0 Å². The number of nitrogens with zero attached hydrogens (tertiary/aromatic N) is 4. The number of carbonyl (C=O) groups excluding carboxylic acids is 1. The smallest absolute Gasteiger partial charge is 0.258 e. The van der Waals surface area contributed by atoms with Gasteiger partial charge in [-0.15, -0.1) is 11.3 Å². The molecule has 0 saturated heterocycles. The van der Waals surface area contributed by atoms with E-state index in [4.69, 9.17) is 0 Å². The van der Waals surface area contributed by atoms with Gasteiger partial charge in [-0.05, 0) is 33.3 Å². The van der Waals surface area contributed by atoms with Gasteiger partial charge in [-0.3, -0.25) is 10.1 Å². The molecule has 0 unspecified atom stereocenters. The average Bonchev–Trinajstić information content (AvgIpc) is 3.11. The van der Waals surface area contributed by atoms with Crippen molar-refractivity contribution in [2.24, 2.45) is 0 Å². The summed E-state index contributed by atoms with van der Waals surface area (Å²) in [5.41, 5.74) is 3.02. The van der Waals surface area contributed by atoms with Crippen LogP contribution in [0.4, 0.5) is 5.13 Å². The maximum atomic E-state index is 12.6. The zero-order chi connectivity index (χ0) is 16.6. The number of amides is 1. The van der Waals surface area contributed by atoms with Gasteiger partial charge in [0.1, 0.15) is 0 Å². The van der Waals surface area contributed by atoms with Gasteiger partial charge in [0.05, 0.1) is 28.9 Å². The lowest BCUT2D eigenvalue weighted by Crippen LogP contribution is -2.13. The van der Waals surface area contributed by atoms with Gasteiger partial charge in [0.15, 0.2) is 10.8 Å². The van der Waals surface area contributed by atoms with Crippen molar-refractivity contribution in [3.8, 4) is 0 Å². The molecule has 0 fully saturated rings. The summed E-state index contributed by atoms with van der Waals surface area (Å²) in [6.45, 7) is 7.98. The average molecular weight is 329 g/mol. The Morgan fingerprint density at radius 2 is 2.13 bits per heavy atom. The lowest BCUT2D eigenvalue weighted by Gasteiger charge is -2.11. The molecule has 0 aliphatic carbocycles. The Balaban J connectivity index is 2.03. The molecular formula is C16H19N5OS. The normalized spacial score (nSPS) is 12.5. The van der Waals surface area contributed by atoms with Crippen molar-refractivity contribution in [1.82, 2.24) is 19.7 Å². The minimum Gasteiger partial charge on any atom is -0.298 e. The van der Waals surface area contributed by atoms with Crippen LogP contribution in [-0.2, 0) is 0 Å². The van der Waals surface area contributed by atoms with Gasteiger partial charge >= 0.3 is 0 Å². The first-order chi connectivity index (χ1) is 11.0. The summed E-state index contributed by atoms with van der Waals surface area (Å²) < 4.78 is 1.88. The zero-order valence-electron chi connectivity index (χ0n) is 13.6. The highest BCUT2D eigenvalue weighted by Crippen LogP contribution is 2.24. The number of carbonyl (C=O) groups is 1. The van der Waals surface area contributed by atoms with E-state index in [9.17, 15) is 4.79 Å². The summed E-state index contributed by atoms with van der Waals surface area (Å²) in [6, 6.07) is 2.03. The molecule has 7 heteroatoms. The third-order valence-corrected chi connectivity index (χ3v) is 4.66. The summed E-state index contributed by atoms with van der Waals surface area (Å²) in [4.78, 5) is 21.5. The Morgan fingerprint density at radius 3 is 2.78 bits per heavy atom. The minimum atomic E-state index is -0.182. The van der Waals surface area contributed by atoms with Gasteiger partial charge in [0.2, 0.25) is 0 Å². The van der Waals surface area contributed by atoms with Crippen molar-refractivity contribution in [3.05, 3.63) is 34.6 Å². The minimum absolute atomic E-state index is 0.182.